The lowest BCUT2D eigenvalue weighted by Gasteiger charge is -2.14. The highest BCUT2D eigenvalue weighted by atomic mass is 32.2. The number of thioether (sulfide) groups is 1. The monoisotopic (exact) mass is 328 g/mol. The molecule has 0 atom stereocenters. The van der Waals surface area contributed by atoms with Crippen molar-refractivity contribution in [2.24, 2.45) is 0 Å². The molecule has 22 heavy (non-hydrogen) atoms. The molecule has 4 nitrogen and oxygen atoms in total. The second-order valence-electron chi connectivity index (χ2n) is 5.05. The Labute approximate surface area is 135 Å². The molecule has 0 saturated carbocycles. The van der Waals surface area contributed by atoms with Crippen molar-refractivity contribution in [2.75, 3.05) is 0 Å². The molecule has 3 heterocycles. The number of carboxylic acids is 1. The summed E-state index contributed by atoms with van der Waals surface area (Å²) in [7, 11) is 0. The molecule has 110 valence electrons. The highest BCUT2D eigenvalue weighted by molar-refractivity contribution is 8.00. The van der Waals surface area contributed by atoms with Gasteiger partial charge in [0, 0.05) is 17.1 Å². The number of nitrogens with zero attached hydrogens (tertiary/aromatic N) is 2. The standard InChI is InChI=1S/C16H12N2O2S2/c19-15(20)14-13-8-21-16-12(18(13)9-17-14)7-11(22-16)6-10-4-2-1-3-5-10/h1-5,7,9H,6,8H2,(H,19,20). The van der Waals surface area contributed by atoms with Crippen molar-refractivity contribution in [3.8, 4) is 5.69 Å². The number of imidazole rings is 1. The average molecular weight is 328 g/mol. The summed E-state index contributed by atoms with van der Waals surface area (Å²) in [4.78, 5) is 16.5. The molecule has 1 N–H and O–H groups in total. The summed E-state index contributed by atoms with van der Waals surface area (Å²) in [5.41, 5.74) is 3.27. The van der Waals surface area contributed by atoms with Crippen molar-refractivity contribution in [3.63, 3.8) is 0 Å². The van der Waals surface area contributed by atoms with Gasteiger partial charge in [-0.05, 0) is 11.6 Å². The maximum atomic E-state index is 11.2. The van der Waals surface area contributed by atoms with Crippen LogP contribution in [0.1, 0.15) is 26.6 Å². The van der Waals surface area contributed by atoms with Crippen molar-refractivity contribution < 1.29 is 9.90 Å². The molecule has 4 rings (SSSR count). The molecule has 3 aromatic rings. The lowest BCUT2D eigenvalue weighted by atomic mass is 10.1. The van der Waals surface area contributed by atoms with E-state index in [1.54, 1.807) is 29.4 Å². The molecule has 0 aliphatic carbocycles. The smallest absolute Gasteiger partial charge is 0.356 e. The summed E-state index contributed by atoms with van der Waals surface area (Å²) >= 11 is 3.47. The van der Waals surface area contributed by atoms with E-state index in [1.807, 2.05) is 22.8 Å². The van der Waals surface area contributed by atoms with Crippen LogP contribution < -0.4 is 0 Å². The van der Waals surface area contributed by atoms with E-state index in [0.717, 1.165) is 17.8 Å². The number of aromatic carboxylic acids is 1. The number of aromatic nitrogens is 2. The van der Waals surface area contributed by atoms with Gasteiger partial charge in [0.25, 0.3) is 0 Å². The number of fused-ring (bicyclic) bond motifs is 3. The fraction of sp³-hybridized carbons (Fsp3) is 0.125. The van der Waals surface area contributed by atoms with Gasteiger partial charge in [0.2, 0.25) is 0 Å². The highest BCUT2D eigenvalue weighted by Gasteiger charge is 2.25. The minimum absolute atomic E-state index is 0.161. The minimum Gasteiger partial charge on any atom is -0.476 e. The Morgan fingerprint density at radius 2 is 2.14 bits per heavy atom. The first-order chi connectivity index (χ1) is 10.7. The second-order valence-corrected chi connectivity index (χ2v) is 7.43. The number of hydrogen-bond donors (Lipinski definition) is 1. The molecule has 0 fully saturated rings. The number of hydrogen-bond acceptors (Lipinski definition) is 4. The molecule has 0 amide bonds. The molecule has 6 heteroatoms. The fourth-order valence-corrected chi connectivity index (χ4v) is 5.09. The SMILES string of the molecule is O=C(O)c1ncn2c1CSc1sc(Cc3ccccc3)cc1-2. The molecule has 1 aromatic carbocycles. The van der Waals surface area contributed by atoms with E-state index in [9.17, 15) is 9.90 Å². The predicted molar refractivity (Wildman–Crippen MR) is 87.2 cm³/mol. The third-order valence-corrected chi connectivity index (χ3v) is 6.03. The summed E-state index contributed by atoms with van der Waals surface area (Å²) in [5, 5.41) is 9.20. The first kappa shape index (κ1) is 13.6. The Balaban J connectivity index is 1.71. The van der Waals surface area contributed by atoms with E-state index >= 15 is 0 Å². The molecule has 0 bridgehead atoms. The van der Waals surface area contributed by atoms with Crippen LogP contribution in [0.3, 0.4) is 0 Å². The molecular weight excluding hydrogens is 316 g/mol. The summed E-state index contributed by atoms with van der Waals surface area (Å²) in [5.74, 6) is -0.308. The summed E-state index contributed by atoms with van der Waals surface area (Å²) in [6, 6.07) is 12.5. The first-order valence-corrected chi connectivity index (χ1v) is 8.62. The maximum Gasteiger partial charge on any atom is 0.356 e. The molecule has 0 unspecified atom stereocenters. The predicted octanol–water partition coefficient (Wildman–Crippen LogP) is 3.83. The maximum absolute atomic E-state index is 11.2. The second kappa shape index (κ2) is 5.30. The van der Waals surface area contributed by atoms with Gasteiger partial charge in [-0.15, -0.1) is 23.1 Å². The van der Waals surface area contributed by atoms with Crippen molar-refractivity contribution in [2.45, 2.75) is 16.4 Å². The van der Waals surface area contributed by atoms with Crippen LogP contribution in [0.15, 0.2) is 46.9 Å². The Bertz CT molecular complexity index is 852. The average Bonchev–Trinajstić information content (AvgIpc) is 3.10. The number of carbonyl (C=O) groups is 1. The van der Waals surface area contributed by atoms with Crippen molar-refractivity contribution in [1.29, 1.82) is 0 Å². The molecule has 0 radical (unpaired) electrons. The van der Waals surface area contributed by atoms with Gasteiger partial charge in [-0.25, -0.2) is 9.78 Å². The van der Waals surface area contributed by atoms with Crippen LogP contribution in [-0.2, 0) is 12.2 Å². The van der Waals surface area contributed by atoms with Crippen molar-refractivity contribution in [3.05, 3.63) is 64.6 Å². The van der Waals surface area contributed by atoms with E-state index in [2.05, 4.69) is 23.2 Å². The lowest BCUT2D eigenvalue weighted by molar-refractivity contribution is 0.0690. The molecule has 0 saturated heterocycles. The number of thiophene rings is 1. The van der Waals surface area contributed by atoms with Crippen LogP contribution in [0.4, 0.5) is 0 Å². The van der Waals surface area contributed by atoms with Gasteiger partial charge in [-0.2, -0.15) is 0 Å². The first-order valence-electron chi connectivity index (χ1n) is 6.81. The van der Waals surface area contributed by atoms with Gasteiger partial charge < -0.3 is 5.11 Å². The van der Waals surface area contributed by atoms with E-state index in [0.29, 0.717) is 5.75 Å². The molecule has 1 aliphatic heterocycles. The van der Waals surface area contributed by atoms with Crippen LogP contribution in [-0.4, -0.2) is 20.6 Å². The van der Waals surface area contributed by atoms with E-state index in [1.165, 1.54) is 14.6 Å². The number of carboxylic acid groups (broad SMARTS) is 1. The van der Waals surface area contributed by atoms with Crippen molar-refractivity contribution in [1.82, 2.24) is 9.55 Å². The highest BCUT2D eigenvalue weighted by Crippen LogP contribution is 2.42. The van der Waals surface area contributed by atoms with Gasteiger partial charge in [-0.1, -0.05) is 30.3 Å². The number of benzene rings is 1. The molecule has 0 spiro atoms. The Morgan fingerprint density at radius 3 is 2.91 bits per heavy atom. The van der Waals surface area contributed by atoms with Gasteiger partial charge in [0.05, 0.1) is 15.6 Å². The van der Waals surface area contributed by atoms with Crippen LogP contribution in [0.25, 0.3) is 5.69 Å². The molecule has 1 aliphatic rings. The quantitative estimate of drug-likeness (QED) is 0.794. The van der Waals surface area contributed by atoms with Gasteiger partial charge >= 0.3 is 5.97 Å². The van der Waals surface area contributed by atoms with Crippen LogP contribution in [0, 0.1) is 0 Å². The topological polar surface area (TPSA) is 55.1 Å². The normalized spacial score (nSPS) is 12.7. The third-order valence-electron chi connectivity index (χ3n) is 3.62. The zero-order valence-corrected chi connectivity index (χ0v) is 13.2. The van der Waals surface area contributed by atoms with E-state index in [4.69, 9.17) is 0 Å². The Kier molecular flexibility index (Phi) is 3.28. The Hall–Kier alpha value is -2.05. The van der Waals surface area contributed by atoms with Crippen molar-refractivity contribution >= 4 is 29.1 Å². The van der Waals surface area contributed by atoms with Gasteiger partial charge in [0.15, 0.2) is 5.69 Å². The molecule has 2 aromatic heterocycles. The molecular formula is C16H12N2O2S2. The zero-order chi connectivity index (χ0) is 15.1. The van der Waals surface area contributed by atoms with E-state index < -0.39 is 5.97 Å². The fourth-order valence-electron chi connectivity index (χ4n) is 2.60. The summed E-state index contributed by atoms with van der Waals surface area (Å²) in [6.45, 7) is 0. The van der Waals surface area contributed by atoms with Crippen LogP contribution >= 0.6 is 23.1 Å². The zero-order valence-electron chi connectivity index (χ0n) is 11.5. The summed E-state index contributed by atoms with van der Waals surface area (Å²) < 4.78 is 3.15. The van der Waals surface area contributed by atoms with E-state index in [-0.39, 0.29) is 5.69 Å². The largest absolute Gasteiger partial charge is 0.476 e. The summed E-state index contributed by atoms with van der Waals surface area (Å²) in [6.07, 6.45) is 2.52. The van der Waals surface area contributed by atoms with Crippen LogP contribution in [0.5, 0.6) is 0 Å². The minimum atomic E-state index is -0.961. The van der Waals surface area contributed by atoms with Gasteiger partial charge in [0.1, 0.15) is 6.33 Å². The Morgan fingerprint density at radius 1 is 1.32 bits per heavy atom. The number of rotatable bonds is 3. The lowest BCUT2D eigenvalue weighted by Crippen LogP contribution is -2.07. The third kappa shape index (κ3) is 2.24. The van der Waals surface area contributed by atoms with Gasteiger partial charge in [-0.3, -0.25) is 4.57 Å². The van der Waals surface area contributed by atoms with Crippen LogP contribution in [0.2, 0.25) is 0 Å².